The third kappa shape index (κ3) is 1.78. The van der Waals surface area contributed by atoms with Gasteiger partial charge in [0.25, 0.3) is 5.91 Å². The first kappa shape index (κ1) is 8.44. The van der Waals surface area contributed by atoms with E-state index in [0.717, 1.165) is 19.4 Å². The molecule has 0 aliphatic carbocycles. The Labute approximate surface area is 75.9 Å². The summed E-state index contributed by atoms with van der Waals surface area (Å²) in [6.45, 7) is 0.754. The van der Waals surface area contributed by atoms with E-state index in [0.29, 0.717) is 5.57 Å². The van der Waals surface area contributed by atoms with Crippen molar-refractivity contribution in [2.24, 2.45) is 0 Å². The molecule has 0 aromatic rings. The van der Waals surface area contributed by atoms with Gasteiger partial charge in [0.2, 0.25) is 5.91 Å². The average molecular weight is 181 g/mol. The molecule has 2 rings (SSSR count). The Bertz CT molecular complexity index is 277. The number of carbonyl (C=O) groups excluding carboxylic acids is 2. The Hall–Kier alpha value is -1.16. The van der Waals surface area contributed by atoms with E-state index in [2.05, 4.69) is 5.32 Å². The molecular formula is C9H11NO3. The highest BCUT2D eigenvalue weighted by molar-refractivity contribution is 6.13. The second-order valence-electron chi connectivity index (χ2n) is 3.30. The fraction of sp³-hybridized carbons (Fsp3) is 0.556. The van der Waals surface area contributed by atoms with Crippen LogP contribution in [0.15, 0.2) is 11.6 Å². The highest BCUT2D eigenvalue weighted by atomic mass is 16.5. The van der Waals surface area contributed by atoms with Gasteiger partial charge in [0, 0.05) is 12.2 Å². The molecule has 70 valence electrons. The van der Waals surface area contributed by atoms with Crippen molar-refractivity contribution >= 4 is 11.8 Å². The van der Waals surface area contributed by atoms with Gasteiger partial charge in [-0.15, -0.1) is 0 Å². The van der Waals surface area contributed by atoms with Gasteiger partial charge in [0.1, 0.15) is 0 Å². The van der Waals surface area contributed by atoms with Crippen LogP contribution in [0.2, 0.25) is 0 Å². The molecule has 0 saturated carbocycles. The average Bonchev–Trinajstić information content (AvgIpc) is 2.63. The molecule has 2 saturated heterocycles. The second kappa shape index (κ2) is 3.30. The van der Waals surface area contributed by atoms with Crippen LogP contribution in [0.4, 0.5) is 0 Å². The Morgan fingerprint density at radius 2 is 2.31 bits per heavy atom. The first-order valence-electron chi connectivity index (χ1n) is 4.42. The predicted molar refractivity (Wildman–Crippen MR) is 44.8 cm³/mol. The lowest BCUT2D eigenvalue weighted by atomic mass is 10.1. The molecule has 2 aliphatic heterocycles. The molecular weight excluding hydrogens is 170 g/mol. The Morgan fingerprint density at radius 3 is 2.85 bits per heavy atom. The van der Waals surface area contributed by atoms with E-state index >= 15 is 0 Å². The molecule has 0 spiro atoms. The molecule has 2 aliphatic rings. The third-order valence-corrected chi connectivity index (χ3v) is 2.25. The number of amides is 2. The quantitative estimate of drug-likeness (QED) is 0.462. The predicted octanol–water partition coefficient (Wildman–Crippen LogP) is 0.138. The van der Waals surface area contributed by atoms with Crippen LogP contribution in [-0.2, 0) is 14.3 Å². The molecule has 1 N–H and O–H groups in total. The summed E-state index contributed by atoms with van der Waals surface area (Å²) in [6.07, 6.45) is 3.99. The van der Waals surface area contributed by atoms with Gasteiger partial charge in [-0.1, -0.05) is 0 Å². The summed E-state index contributed by atoms with van der Waals surface area (Å²) in [4.78, 5) is 21.9. The Balaban J connectivity index is 2.06. The zero-order chi connectivity index (χ0) is 9.26. The zero-order valence-corrected chi connectivity index (χ0v) is 7.21. The Kier molecular flexibility index (Phi) is 2.14. The van der Waals surface area contributed by atoms with E-state index in [1.54, 1.807) is 6.08 Å². The van der Waals surface area contributed by atoms with Crippen molar-refractivity contribution in [3.8, 4) is 0 Å². The minimum absolute atomic E-state index is 0.0339. The summed E-state index contributed by atoms with van der Waals surface area (Å²) in [6, 6.07) is 0. The van der Waals surface area contributed by atoms with Crippen LogP contribution in [0.1, 0.15) is 19.3 Å². The molecule has 13 heavy (non-hydrogen) atoms. The topological polar surface area (TPSA) is 55.4 Å². The zero-order valence-electron chi connectivity index (χ0n) is 7.21. The van der Waals surface area contributed by atoms with Crippen LogP contribution in [0.3, 0.4) is 0 Å². The molecule has 0 aromatic heterocycles. The molecule has 4 nitrogen and oxygen atoms in total. The van der Waals surface area contributed by atoms with Crippen molar-refractivity contribution in [2.75, 3.05) is 6.61 Å². The van der Waals surface area contributed by atoms with Crippen molar-refractivity contribution in [1.29, 1.82) is 0 Å². The molecule has 1 unspecified atom stereocenters. The number of carbonyl (C=O) groups is 2. The fourth-order valence-corrected chi connectivity index (χ4v) is 1.60. The molecule has 2 amide bonds. The number of hydrogen-bond acceptors (Lipinski definition) is 3. The minimum Gasteiger partial charge on any atom is -0.374 e. The van der Waals surface area contributed by atoms with Gasteiger partial charge in [-0.25, -0.2) is 0 Å². The summed E-state index contributed by atoms with van der Waals surface area (Å²) in [5.74, 6) is -0.477. The SMILES string of the molecule is O=C1CC(=CC2CCCO2)C(=O)N1. The highest BCUT2D eigenvalue weighted by Gasteiger charge is 2.25. The van der Waals surface area contributed by atoms with Crippen molar-refractivity contribution < 1.29 is 14.3 Å². The van der Waals surface area contributed by atoms with Gasteiger partial charge in [0.05, 0.1) is 12.5 Å². The van der Waals surface area contributed by atoms with Crippen LogP contribution in [-0.4, -0.2) is 24.5 Å². The van der Waals surface area contributed by atoms with Gasteiger partial charge in [0.15, 0.2) is 0 Å². The van der Waals surface area contributed by atoms with E-state index in [9.17, 15) is 9.59 Å². The standard InChI is InChI=1S/C9H11NO3/c11-8-5-6(9(12)10-8)4-7-2-1-3-13-7/h4,7H,1-3,5H2,(H,10,11,12). The monoisotopic (exact) mass is 181 g/mol. The first-order valence-corrected chi connectivity index (χ1v) is 4.42. The molecule has 4 heteroatoms. The smallest absolute Gasteiger partial charge is 0.254 e. The van der Waals surface area contributed by atoms with Crippen molar-refractivity contribution in [2.45, 2.75) is 25.4 Å². The fourth-order valence-electron chi connectivity index (χ4n) is 1.60. The lowest BCUT2D eigenvalue weighted by Crippen LogP contribution is -2.19. The minimum atomic E-state index is -0.263. The van der Waals surface area contributed by atoms with Crippen LogP contribution in [0.5, 0.6) is 0 Å². The van der Waals surface area contributed by atoms with E-state index in [1.165, 1.54) is 0 Å². The summed E-state index contributed by atoms with van der Waals surface area (Å²) in [5.41, 5.74) is 0.553. The lowest BCUT2D eigenvalue weighted by molar-refractivity contribution is -0.124. The van der Waals surface area contributed by atoms with Crippen LogP contribution in [0, 0.1) is 0 Å². The maximum Gasteiger partial charge on any atom is 0.254 e. The summed E-state index contributed by atoms with van der Waals surface area (Å²) in [7, 11) is 0. The van der Waals surface area contributed by atoms with Gasteiger partial charge >= 0.3 is 0 Å². The lowest BCUT2D eigenvalue weighted by Gasteiger charge is -2.02. The van der Waals surface area contributed by atoms with Gasteiger partial charge in [-0.05, 0) is 18.9 Å². The molecule has 2 heterocycles. The summed E-state index contributed by atoms with van der Waals surface area (Å²) in [5, 5.41) is 2.24. The number of imide groups is 1. The van der Waals surface area contributed by atoms with Gasteiger partial charge in [-0.2, -0.15) is 0 Å². The van der Waals surface area contributed by atoms with Crippen LogP contribution in [0.25, 0.3) is 0 Å². The number of rotatable bonds is 1. The van der Waals surface area contributed by atoms with E-state index in [1.807, 2.05) is 0 Å². The van der Waals surface area contributed by atoms with E-state index in [4.69, 9.17) is 4.74 Å². The van der Waals surface area contributed by atoms with Crippen molar-refractivity contribution in [3.63, 3.8) is 0 Å². The normalized spacial score (nSPS) is 31.4. The summed E-state index contributed by atoms with van der Waals surface area (Å²) < 4.78 is 5.33. The summed E-state index contributed by atoms with van der Waals surface area (Å²) >= 11 is 0. The molecule has 1 atom stereocenters. The maximum absolute atomic E-state index is 11.1. The number of nitrogens with one attached hydrogen (secondary N) is 1. The molecule has 0 radical (unpaired) electrons. The van der Waals surface area contributed by atoms with Crippen LogP contribution < -0.4 is 5.32 Å². The third-order valence-electron chi connectivity index (χ3n) is 2.25. The largest absolute Gasteiger partial charge is 0.374 e. The number of ether oxygens (including phenoxy) is 1. The van der Waals surface area contributed by atoms with E-state index in [-0.39, 0.29) is 24.3 Å². The van der Waals surface area contributed by atoms with Crippen LogP contribution >= 0.6 is 0 Å². The maximum atomic E-state index is 11.1. The highest BCUT2D eigenvalue weighted by Crippen LogP contribution is 2.18. The number of hydrogen-bond donors (Lipinski definition) is 1. The molecule has 0 bridgehead atoms. The Morgan fingerprint density at radius 1 is 1.46 bits per heavy atom. The second-order valence-corrected chi connectivity index (χ2v) is 3.30. The molecule has 2 fully saturated rings. The molecule has 0 aromatic carbocycles. The van der Waals surface area contributed by atoms with E-state index < -0.39 is 0 Å². The van der Waals surface area contributed by atoms with Gasteiger partial charge < -0.3 is 4.74 Å². The van der Waals surface area contributed by atoms with Crippen molar-refractivity contribution in [3.05, 3.63) is 11.6 Å². The first-order chi connectivity index (χ1) is 6.25. The van der Waals surface area contributed by atoms with Crippen molar-refractivity contribution in [1.82, 2.24) is 5.32 Å². The van der Waals surface area contributed by atoms with Gasteiger partial charge in [-0.3, -0.25) is 14.9 Å².